The molecule has 0 aliphatic rings. The number of hydrogen-bond donors (Lipinski definition) is 2. The summed E-state index contributed by atoms with van der Waals surface area (Å²) in [4.78, 5) is 11.6. The van der Waals surface area contributed by atoms with Gasteiger partial charge in [0.1, 0.15) is 0 Å². The van der Waals surface area contributed by atoms with Gasteiger partial charge in [0.05, 0.1) is 0 Å². The normalized spacial score (nSPS) is 14.1. The van der Waals surface area contributed by atoms with E-state index in [1.807, 2.05) is 13.8 Å². The van der Waals surface area contributed by atoms with Crippen LogP contribution in [0.15, 0.2) is 18.2 Å². The quantitative estimate of drug-likeness (QED) is 0.838. The van der Waals surface area contributed by atoms with Gasteiger partial charge in [-0.15, -0.1) is 0 Å². The van der Waals surface area contributed by atoms with E-state index in [1.54, 1.807) is 0 Å². The molecule has 1 amide bonds. The molecule has 1 aromatic rings. The van der Waals surface area contributed by atoms with Crippen molar-refractivity contribution in [2.45, 2.75) is 52.6 Å². The average molecular weight is 248 g/mol. The molecular formula is C15H24N2O. The molecule has 0 spiro atoms. The van der Waals surface area contributed by atoms with Gasteiger partial charge in [-0.25, -0.2) is 0 Å². The number of aryl methyl sites for hydroxylation is 2. The molecule has 2 atom stereocenters. The zero-order valence-corrected chi connectivity index (χ0v) is 11.8. The van der Waals surface area contributed by atoms with E-state index < -0.39 is 0 Å². The van der Waals surface area contributed by atoms with Crippen LogP contribution in [0.1, 0.15) is 37.0 Å². The lowest BCUT2D eigenvalue weighted by Crippen LogP contribution is -2.37. The lowest BCUT2D eigenvalue weighted by atomic mass is 10.00. The second-order valence-corrected chi connectivity index (χ2v) is 5.28. The molecule has 3 nitrogen and oxygen atoms in total. The molecule has 0 heterocycles. The van der Waals surface area contributed by atoms with E-state index in [0.717, 1.165) is 6.42 Å². The number of hydrogen-bond acceptors (Lipinski definition) is 2. The lowest BCUT2D eigenvalue weighted by molar-refractivity contribution is -0.121. The predicted octanol–water partition coefficient (Wildman–Crippen LogP) is 2.09. The Bertz CT molecular complexity index is 413. The van der Waals surface area contributed by atoms with Crippen LogP contribution < -0.4 is 11.1 Å². The van der Waals surface area contributed by atoms with E-state index >= 15 is 0 Å². The van der Waals surface area contributed by atoms with Crippen molar-refractivity contribution < 1.29 is 4.79 Å². The number of nitrogens with two attached hydrogens (primary N) is 1. The maximum absolute atomic E-state index is 11.6. The van der Waals surface area contributed by atoms with Crippen LogP contribution in [0.2, 0.25) is 0 Å². The van der Waals surface area contributed by atoms with Gasteiger partial charge in [0.2, 0.25) is 5.91 Å². The minimum absolute atomic E-state index is 0.0299. The summed E-state index contributed by atoms with van der Waals surface area (Å²) < 4.78 is 0. The molecule has 0 aromatic heterocycles. The molecule has 0 aliphatic carbocycles. The van der Waals surface area contributed by atoms with E-state index in [-0.39, 0.29) is 18.0 Å². The minimum atomic E-state index is -0.0849. The Kier molecular flexibility index (Phi) is 5.35. The third kappa shape index (κ3) is 4.88. The number of benzene rings is 1. The molecule has 0 saturated carbocycles. The van der Waals surface area contributed by atoms with Crippen LogP contribution in [0.3, 0.4) is 0 Å². The Labute approximate surface area is 110 Å². The van der Waals surface area contributed by atoms with Gasteiger partial charge in [-0.3, -0.25) is 4.79 Å². The fourth-order valence-corrected chi connectivity index (χ4v) is 2.08. The van der Waals surface area contributed by atoms with Crippen molar-refractivity contribution in [3.63, 3.8) is 0 Å². The molecule has 18 heavy (non-hydrogen) atoms. The van der Waals surface area contributed by atoms with Gasteiger partial charge in [0, 0.05) is 18.5 Å². The van der Waals surface area contributed by atoms with Crippen LogP contribution in [-0.4, -0.2) is 18.0 Å². The third-order valence-corrected chi connectivity index (χ3v) is 2.94. The second-order valence-electron chi connectivity index (χ2n) is 5.28. The summed E-state index contributed by atoms with van der Waals surface area (Å²) in [5.74, 6) is 0.0299. The molecule has 2 unspecified atom stereocenters. The Hall–Kier alpha value is -1.35. The maximum atomic E-state index is 11.6. The number of carbonyl (C=O) groups excluding carboxylic acids is 1. The summed E-state index contributed by atoms with van der Waals surface area (Å²) >= 11 is 0. The van der Waals surface area contributed by atoms with E-state index in [4.69, 9.17) is 5.73 Å². The average Bonchev–Trinajstić information content (AvgIpc) is 2.20. The Morgan fingerprint density at radius 3 is 2.56 bits per heavy atom. The molecule has 1 rings (SSSR count). The molecule has 100 valence electrons. The summed E-state index contributed by atoms with van der Waals surface area (Å²) in [6.07, 6.45) is 1.24. The van der Waals surface area contributed by atoms with Crippen molar-refractivity contribution in [1.82, 2.24) is 5.32 Å². The zero-order chi connectivity index (χ0) is 13.7. The fraction of sp³-hybridized carbons (Fsp3) is 0.533. The largest absolute Gasteiger partial charge is 0.353 e. The number of amides is 1. The monoisotopic (exact) mass is 248 g/mol. The first-order chi connectivity index (χ1) is 8.38. The van der Waals surface area contributed by atoms with Crippen LogP contribution in [-0.2, 0) is 11.2 Å². The molecule has 0 saturated heterocycles. The second kappa shape index (κ2) is 6.55. The zero-order valence-electron chi connectivity index (χ0n) is 11.8. The van der Waals surface area contributed by atoms with Crippen LogP contribution in [0.25, 0.3) is 0 Å². The molecule has 0 radical (unpaired) electrons. The minimum Gasteiger partial charge on any atom is -0.353 e. The summed E-state index contributed by atoms with van der Waals surface area (Å²) in [5, 5.41) is 2.98. The predicted molar refractivity (Wildman–Crippen MR) is 75.5 cm³/mol. The molecule has 0 bridgehead atoms. The van der Waals surface area contributed by atoms with E-state index in [1.165, 1.54) is 16.7 Å². The van der Waals surface area contributed by atoms with Crippen molar-refractivity contribution in [3.8, 4) is 0 Å². The first-order valence-electron chi connectivity index (χ1n) is 6.49. The summed E-state index contributed by atoms with van der Waals surface area (Å²) in [7, 11) is 0. The topological polar surface area (TPSA) is 55.1 Å². The van der Waals surface area contributed by atoms with Gasteiger partial charge in [-0.05, 0) is 45.2 Å². The van der Waals surface area contributed by atoms with Crippen LogP contribution in [0, 0.1) is 13.8 Å². The van der Waals surface area contributed by atoms with Gasteiger partial charge in [-0.2, -0.15) is 0 Å². The van der Waals surface area contributed by atoms with Crippen molar-refractivity contribution >= 4 is 5.91 Å². The third-order valence-electron chi connectivity index (χ3n) is 2.94. The summed E-state index contributed by atoms with van der Waals surface area (Å²) in [5.41, 5.74) is 9.44. The lowest BCUT2D eigenvalue weighted by Gasteiger charge is -2.16. The van der Waals surface area contributed by atoms with Gasteiger partial charge < -0.3 is 11.1 Å². The highest BCUT2D eigenvalue weighted by molar-refractivity contribution is 5.76. The molecule has 1 aromatic carbocycles. The highest BCUT2D eigenvalue weighted by Gasteiger charge is 2.10. The van der Waals surface area contributed by atoms with E-state index in [9.17, 15) is 4.79 Å². The highest BCUT2D eigenvalue weighted by Crippen LogP contribution is 2.12. The van der Waals surface area contributed by atoms with Crippen molar-refractivity contribution in [3.05, 3.63) is 34.9 Å². The van der Waals surface area contributed by atoms with Gasteiger partial charge >= 0.3 is 0 Å². The van der Waals surface area contributed by atoms with E-state index in [2.05, 4.69) is 37.4 Å². The maximum Gasteiger partial charge on any atom is 0.221 e. The van der Waals surface area contributed by atoms with Gasteiger partial charge in [0.15, 0.2) is 0 Å². The Balaban J connectivity index is 2.54. The van der Waals surface area contributed by atoms with Crippen LogP contribution >= 0.6 is 0 Å². The molecule has 3 heteroatoms. The summed E-state index contributed by atoms with van der Waals surface area (Å²) in [6.45, 7) is 8.07. The molecule has 3 N–H and O–H groups in total. The number of rotatable bonds is 5. The highest BCUT2D eigenvalue weighted by atomic mass is 16.1. The van der Waals surface area contributed by atoms with Crippen LogP contribution in [0.5, 0.6) is 0 Å². The SMILES string of the molecule is Cc1ccc(CC(C)NC(=O)CC(C)N)c(C)c1. The van der Waals surface area contributed by atoms with Crippen LogP contribution in [0.4, 0.5) is 0 Å². The number of carbonyl (C=O) groups is 1. The summed E-state index contributed by atoms with van der Waals surface area (Å²) in [6, 6.07) is 6.47. The number of nitrogens with one attached hydrogen (secondary N) is 1. The fourth-order valence-electron chi connectivity index (χ4n) is 2.08. The standard InChI is InChI=1S/C15H24N2O/c1-10-5-6-14(11(2)7-10)9-13(4)17-15(18)8-12(3)16/h5-7,12-13H,8-9,16H2,1-4H3,(H,17,18). The molecule has 0 fully saturated rings. The van der Waals surface area contributed by atoms with Crippen molar-refractivity contribution in [1.29, 1.82) is 0 Å². The van der Waals surface area contributed by atoms with Crippen molar-refractivity contribution in [2.24, 2.45) is 5.73 Å². The van der Waals surface area contributed by atoms with Gasteiger partial charge in [-0.1, -0.05) is 23.8 Å². The first-order valence-corrected chi connectivity index (χ1v) is 6.49. The first kappa shape index (κ1) is 14.7. The Morgan fingerprint density at radius 2 is 2.00 bits per heavy atom. The smallest absolute Gasteiger partial charge is 0.221 e. The molecular weight excluding hydrogens is 224 g/mol. The van der Waals surface area contributed by atoms with Gasteiger partial charge in [0.25, 0.3) is 0 Å². The Morgan fingerprint density at radius 1 is 1.33 bits per heavy atom. The molecule has 0 aliphatic heterocycles. The van der Waals surface area contributed by atoms with E-state index in [0.29, 0.717) is 6.42 Å². The van der Waals surface area contributed by atoms with Crippen molar-refractivity contribution in [2.75, 3.05) is 0 Å².